The Morgan fingerprint density at radius 2 is 1.32 bits per heavy atom. The fraction of sp³-hybridized carbons (Fsp3) is 0.0909. The Morgan fingerprint density at radius 1 is 0.640 bits per heavy atom. The third-order valence-corrected chi connectivity index (χ3v) is 5.16. The molecule has 0 saturated carbocycles. The lowest BCUT2D eigenvalue weighted by molar-refractivity contribution is -0.0616. The first-order valence-electron chi connectivity index (χ1n) is 8.51. The van der Waals surface area contributed by atoms with Crippen molar-refractivity contribution in [3.8, 4) is 0 Å². The summed E-state index contributed by atoms with van der Waals surface area (Å²) in [4.78, 5) is 6.24. The lowest BCUT2D eigenvalue weighted by Crippen LogP contribution is -2.22. The van der Waals surface area contributed by atoms with Crippen LogP contribution in [-0.4, -0.2) is 0 Å². The third-order valence-electron chi connectivity index (χ3n) is 5.16. The Bertz CT molecular complexity index is 1120. The highest BCUT2D eigenvalue weighted by molar-refractivity contribution is 6.11. The maximum Gasteiger partial charge on any atom is 0.213 e. The second kappa shape index (κ2) is 4.82. The number of rotatable bonds is 1. The van der Waals surface area contributed by atoms with Gasteiger partial charge < -0.3 is 4.74 Å². The van der Waals surface area contributed by atoms with Crippen LogP contribution in [0.3, 0.4) is 0 Å². The Labute approximate surface area is 145 Å². The molecule has 2 bridgehead atoms. The average Bonchev–Trinajstić information content (AvgIpc) is 3.06. The van der Waals surface area contributed by atoms with E-state index in [-0.39, 0.29) is 6.23 Å². The molecule has 4 aromatic carbocycles. The number of hydrogen-bond donors (Lipinski definition) is 0. The highest BCUT2D eigenvalue weighted by atomic mass is 16.9. The van der Waals surface area contributed by atoms with Crippen molar-refractivity contribution in [1.29, 1.82) is 0 Å². The summed E-state index contributed by atoms with van der Waals surface area (Å²) in [5.74, 6) is 0. The molecule has 3 nitrogen and oxygen atoms in total. The molecule has 2 aliphatic heterocycles. The maximum atomic E-state index is 6.36. The molecule has 6 rings (SSSR count). The van der Waals surface area contributed by atoms with E-state index in [4.69, 9.17) is 9.57 Å². The van der Waals surface area contributed by atoms with Crippen molar-refractivity contribution in [3.63, 3.8) is 0 Å². The summed E-state index contributed by atoms with van der Waals surface area (Å²) in [6.07, 6.45) is -0.652. The Morgan fingerprint density at radius 3 is 2.08 bits per heavy atom. The van der Waals surface area contributed by atoms with Crippen LogP contribution in [0.1, 0.15) is 23.6 Å². The number of hydrogen-bond acceptors (Lipinski definition) is 3. The van der Waals surface area contributed by atoms with Gasteiger partial charge in [-0.3, -0.25) is 0 Å². The molecular formula is C22H15NO2. The first kappa shape index (κ1) is 13.4. The van der Waals surface area contributed by atoms with Crippen LogP contribution in [0, 0.1) is 0 Å². The van der Waals surface area contributed by atoms with E-state index in [0.29, 0.717) is 0 Å². The van der Waals surface area contributed by atoms with E-state index in [2.05, 4.69) is 48.5 Å². The van der Waals surface area contributed by atoms with E-state index in [9.17, 15) is 0 Å². The lowest BCUT2D eigenvalue weighted by Gasteiger charge is -2.25. The van der Waals surface area contributed by atoms with Gasteiger partial charge in [-0.25, -0.2) is 9.90 Å². The van der Waals surface area contributed by atoms with Crippen molar-refractivity contribution in [3.05, 3.63) is 90.0 Å². The molecule has 2 aliphatic rings. The quantitative estimate of drug-likeness (QED) is 0.433. The molecular weight excluding hydrogens is 310 g/mol. The van der Waals surface area contributed by atoms with Crippen molar-refractivity contribution in [2.45, 2.75) is 12.5 Å². The predicted molar refractivity (Wildman–Crippen MR) is 98.0 cm³/mol. The number of para-hydroxylation sites is 1. The zero-order chi connectivity index (χ0) is 16.4. The molecule has 0 radical (unpaired) electrons. The molecule has 2 heterocycles. The molecule has 0 amide bonds. The third kappa shape index (κ3) is 1.77. The average molecular weight is 325 g/mol. The monoisotopic (exact) mass is 325 g/mol. The number of nitrogens with zero attached hydrogens (tertiary/aromatic N) is 1. The Kier molecular flexibility index (Phi) is 2.59. The van der Waals surface area contributed by atoms with Gasteiger partial charge in [0.05, 0.1) is 5.69 Å². The summed E-state index contributed by atoms with van der Waals surface area (Å²) in [6, 6.07) is 27.3. The van der Waals surface area contributed by atoms with Crippen molar-refractivity contribution in [2.75, 3.05) is 5.06 Å². The standard InChI is InChI=1S/C22H15NO2/c1-2-8-16(9-3-1)23-21-17-10-4-6-14-12-13-15-7-5-11-18(20(15)19(14)17)22(24-21)25-23/h1-13,21-22H. The van der Waals surface area contributed by atoms with Gasteiger partial charge in [0.2, 0.25) is 6.29 Å². The van der Waals surface area contributed by atoms with Gasteiger partial charge in [0.25, 0.3) is 0 Å². The summed E-state index contributed by atoms with van der Waals surface area (Å²) >= 11 is 0. The summed E-state index contributed by atoms with van der Waals surface area (Å²) in [6.45, 7) is 0. The van der Waals surface area contributed by atoms with E-state index >= 15 is 0 Å². The zero-order valence-corrected chi connectivity index (χ0v) is 13.4. The van der Waals surface area contributed by atoms with E-state index in [1.54, 1.807) is 0 Å². The van der Waals surface area contributed by atoms with Gasteiger partial charge in [-0.1, -0.05) is 66.7 Å². The number of benzene rings is 4. The second-order valence-electron chi connectivity index (χ2n) is 6.54. The van der Waals surface area contributed by atoms with Crippen LogP contribution in [0.15, 0.2) is 78.9 Å². The molecule has 0 aliphatic carbocycles. The molecule has 0 N–H and O–H groups in total. The van der Waals surface area contributed by atoms with Gasteiger partial charge in [0.1, 0.15) is 0 Å². The van der Waals surface area contributed by atoms with Gasteiger partial charge in [-0.2, -0.15) is 0 Å². The van der Waals surface area contributed by atoms with Crippen LogP contribution in [0.25, 0.3) is 21.5 Å². The minimum Gasteiger partial charge on any atom is -0.316 e. The van der Waals surface area contributed by atoms with Crippen LogP contribution in [0.2, 0.25) is 0 Å². The predicted octanol–water partition coefficient (Wildman–Crippen LogP) is 5.47. The van der Waals surface area contributed by atoms with E-state index < -0.39 is 6.29 Å². The highest BCUT2D eigenvalue weighted by Crippen LogP contribution is 2.49. The minimum atomic E-state index is -0.396. The molecule has 25 heavy (non-hydrogen) atoms. The van der Waals surface area contributed by atoms with Gasteiger partial charge in [0, 0.05) is 11.1 Å². The first-order valence-corrected chi connectivity index (χ1v) is 8.51. The lowest BCUT2D eigenvalue weighted by atomic mass is 9.94. The van der Waals surface area contributed by atoms with E-state index in [1.807, 2.05) is 35.4 Å². The van der Waals surface area contributed by atoms with Crippen molar-refractivity contribution in [1.82, 2.24) is 0 Å². The molecule has 120 valence electrons. The molecule has 3 heteroatoms. The summed E-state index contributed by atoms with van der Waals surface area (Å²) in [7, 11) is 0. The first-order chi connectivity index (χ1) is 12.4. The number of fused-ring (bicyclic) bond motifs is 4. The second-order valence-corrected chi connectivity index (χ2v) is 6.54. The van der Waals surface area contributed by atoms with Crippen molar-refractivity contribution < 1.29 is 9.57 Å². The fourth-order valence-electron chi connectivity index (χ4n) is 4.07. The molecule has 1 fully saturated rings. The van der Waals surface area contributed by atoms with Crippen LogP contribution in [0.4, 0.5) is 5.69 Å². The number of hydroxylamine groups is 1. The Hall–Kier alpha value is -2.88. The van der Waals surface area contributed by atoms with Gasteiger partial charge in [-0.15, -0.1) is 0 Å². The molecule has 2 unspecified atom stereocenters. The smallest absolute Gasteiger partial charge is 0.213 e. The highest BCUT2D eigenvalue weighted by Gasteiger charge is 2.40. The van der Waals surface area contributed by atoms with Crippen LogP contribution in [-0.2, 0) is 9.57 Å². The normalized spacial score (nSPS) is 21.2. The number of anilines is 1. The van der Waals surface area contributed by atoms with Crippen molar-refractivity contribution >= 4 is 27.2 Å². The van der Waals surface area contributed by atoms with E-state index in [1.165, 1.54) is 21.5 Å². The Balaban J connectivity index is 1.71. The van der Waals surface area contributed by atoms with Gasteiger partial charge in [-0.05, 0) is 33.7 Å². The van der Waals surface area contributed by atoms with Crippen LogP contribution in [0.5, 0.6) is 0 Å². The summed E-state index contributed by atoms with van der Waals surface area (Å²) < 4.78 is 6.36. The largest absolute Gasteiger partial charge is 0.316 e. The molecule has 0 aromatic heterocycles. The van der Waals surface area contributed by atoms with Gasteiger partial charge >= 0.3 is 0 Å². The van der Waals surface area contributed by atoms with E-state index in [0.717, 1.165) is 16.8 Å². The fourth-order valence-corrected chi connectivity index (χ4v) is 4.07. The molecule has 0 spiro atoms. The zero-order valence-electron chi connectivity index (χ0n) is 13.4. The molecule has 2 atom stereocenters. The van der Waals surface area contributed by atoms with Crippen molar-refractivity contribution in [2.24, 2.45) is 0 Å². The molecule has 4 aromatic rings. The minimum absolute atomic E-state index is 0.255. The van der Waals surface area contributed by atoms with Gasteiger partial charge in [0.15, 0.2) is 6.23 Å². The number of ether oxygens (including phenoxy) is 1. The summed E-state index contributed by atoms with van der Waals surface area (Å²) in [5.41, 5.74) is 3.24. The topological polar surface area (TPSA) is 21.7 Å². The summed E-state index contributed by atoms with van der Waals surface area (Å²) in [5, 5.41) is 6.88. The van der Waals surface area contributed by atoms with Crippen LogP contribution >= 0.6 is 0 Å². The molecule has 1 saturated heterocycles. The maximum absolute atomic E-state index is 6.36. The van der Waals surface area contributed by atoms with Crippen LogP contribution < -0.4 is 5.06 Å². The SMILES string of the molecule is c1ccc(N2OC3OC2c2cccc4ccc5cccc3c5c24)cc1.